The standard InChI is InChI=1S/C9H12N2O4/c1-2-3-14-7(12)11-8(13)15-6-9(11)4-10-5-9/h2,10H,1,3-6H2. The van der Waals surface area contributed by atoms with Crippen LogP contribution in [0.25, 0.3) is 0 Å². The fourth-order valence-electron chi connectivity index (χ4n) is 1.66. The number of rotatable bonds is 2. The lowest BCUT2D eigenvalue weighted by atomic mass is 9.93. The van der Waals surface area contributed by atoms with Crippen LogP contribution in [0.15, 0.2) is 12.7 Å². The van der Waals surface area contributed by atoms with Crippen molar-refractivity contribution in [2.24, 2.45) is 0 Å². The summed E-state index contributed by atoms with van der Waals surface area (Å²) in [5.74, 6) is 0. The van der Waals surface area contributed by atoms with E-state index in [1.54, 1.807) is 0 Å². The van der Waals surface area contributed by atoms with Crippen molar-refractivity contribution in [3.05, 3.63) is 12.7 Å². The molecular weight excluding hydrogens is 200 g/mol. The first kappa shape index (κ1) is 9.97. The molecule has 0 aromatic rings. The summed E-state index contributed by atoms with van der Waals surface area (Å²) in [4.78, 5) is 23.9. The summed E-state index contributed by atoms with van der Waals surface area (Å²) in [5, 5.41) is 3.00. The van der Waals surface area contributed by atoms with Crippen molar-refractivity contribution in [3.8, 4) is 0 Å². The van der Waals surface area contributed by atoms with Crippen molar-refractivity contribution in [3.63, 3.8) is 0 Å². The van der Waals surface area contributed by atoms with E-state index in [0.29, 0.717) is 13.1 Å². The van der Waals surface area contributed by atoms with Gasteiger partial charge in [0.25, 0.3) is 0 Å². The molecule has 6 nitrogen and oxygen atoms in total. The number of ether oxygens (including phenoxy) is 2. The van der Waals surface area contributed by atoms with Gasteiger partial charge in [-0.25, -0.2) is 9.59 Å². The zero-order valence-corrected chi connectivity index (χ0v) is 8.19. The fourth-order valence-corrected chi connectivity index (χ4v) is 1.66. The summed E-state index contributed by atoms with van der Waals surface area (Å²) in [5.41, 5.74) is -0.532. The molecule has 2 amide bonds. The van der Waals surface area contributed by atoms with Gasteiger partial charge in [0.05, 0.1) is 0 Å². The molecular formula is C9H12N2O4. The lowest BCUT2D eigenvalue weighted by Gasteiger charge is -2.41. The van der Waals surface area contributed by atoms with Crippen LogP contribution in [0.2, 0.25) is 0 Å². The Morgan fingerprint density at radius 2 is 2.47 bits per heavy atom. The van der Waals surface area contributed by atoms with Gasteiger partial charge in [0.15, 0.2) is 0 Å². The highest BCUT2D eigenvalue weighted by atomic mass is 16.6. The van der Waals surface area contributed by atoms with Crippen LogP contribution < -0.4 is 5.32 Å². The van der Waals surface area contributed by atoms with Gasteiger partial charge in [-0.15, -0.1) is 0 Å². The Bertz CT molecular complexity index is 311. The van der Waals surface area contributed by atoms with Crippen molar-refractivity contribution >= 4 is 12.2 Å². The summed E-state index contributed by atoms with van der Waals surface area (Å²) < 4.78 is 9.66. The van der Waals surface area contributed by atoms with Gasteiger partial charge in [0.1, 0.15) is 18.8 Å². The third-order valence-electron chi connectivity index (χ3n) is 2.54. The number of nitrogens with zero attached hydrogens (tertiary/aromatic N) is 1. The van der Waals surface area contributed by atoms with Gasteiger partial charge in [0.2, 0.25) is 0 Å². The maximum atomic E-state index is 11.6. The summed E-state index contributed by atoms with van der Waals surface area (Å²) in [6, 6.07) is 0. The Morgan fingerprint density at radius 3 is 3.00 bits per heavy atom. The van der Waals surface area contributed by atoms with Gasteiger partial charge in [-0.05, 0) is 0 Å². The molecule has 0 aromatic carbocycles. The van der Waals surface area contributed by atoms with Crippen LogP contribution in [0.5, 0.6) is 0 Å². The second kappa shape index (κ2) is 3.54. The molecule has 0 atom stereocenters. The molecule has 0 bridgehead atoms. The number of hydrogen-bond donors (Lipinski definition) is 1. The molecule has 0 aliphatic carbocycles. The SMILES string of the molecule is C=CCOC(=O)N1C(=O)OCC12CNC2. The summed E-state index contributed by atoms with van der Waals surface area (Å²) in [7, 11) is 0. The minimum atomic E-state index is -0.668. The highest BCUT2D eigenvalue weighted by Crippen LogP contribution is 2.28. The van der Waals surface area contributed by atoms with Gasteiger partial charge in [-0.3, -0.25) is 0 Å². The van der Waals surface area contributed by atoms with E-state index in [2.05, 4.69) is 11.9 Å². The molecule has 1 spiro atoms. The van der Waals surface area contributed by atoms with E-state index >= 15 is 0 Å². The van der Waals surface area contributed by atoms with Gasteiger partial charge in [0, 0.05) is 13.1 Å². The average Bonchev–Trinajstić information content (AvgIpc) is 2.52. The van der Waals surface area contributed by atoms with Crippen molar-refractivity contribution in [2.75, 3.05) is 26.3 Å². The van der Waals surface area contributed by atoms with E-state index in [1.807, 2.05) is 0 Å². The Labute approximate surface area is 86.8 Å². The van der Waals surface area contributed by atoms with Gasteiger partial charge >= 0.3 is 12.2 Å². The van der Waals surface area contributed by atoms with Crippen molar-refractivity contribution in [1.82, 2.24) is 10.2 Å². The van der Waals surface area contributed by atoms with Crippen LogP contribution in [0, 0.1) is 0 Å². The first-order valence-electron chi connectivity index (χ1n) is 4.65. The molecule has 0 saturated carbocycles. The minimum Gasteiger partial charge on any atom is -0.446 e. The van der Waals surface area contributed by atoms with Crippen LogP contribution in [0.3, 0.4) is 0 Å². The summed E-state index contributed by atoms with van der Waals surface area (Å²) >= 11 is 0. The number of hydrogen-bond acceptors (Lipinski definition) is 5. The van der Waals surface area contributed by atoms with Crippen LogP contribution in [-0.2, 0) is 9.47 Å². The summed E-state index contributed by atoms with van der Waals surface area (Å²) in [6.07, 6.45) is 0.148. The van der Waals surface area contributed by atoms with E-state index in [1.165, 1.54) is 6.08 Å². The van der Waals surface area contributed by atoms with Gasteiger partial charge in [-0.2, -0.15) is 4.90 Å². The first-order valence-corrected chi connectivity index (χ1v) is 4.65. The number of imide groups is 1. The second-order valence-corrected chi connectivity index (χ2v) is 3.58. The Balaban J connectivity index is 2.07. The van der Waals surface area contributed by atoms with E-state index in [4.69, 9.17) is 9.47 Å². The van der Waals surface area contributed by atoms with Crippen LogP contribution in [-0.4, -0.2) is 48.9 Å². The smallest absolute Gasteiger partial charge is 0.420 e. The van der Waals surface area contributed by atoms with Gasteiger partial charge in [-0.1, -0.05) is 12.7 Å². The first-order chi connectivity index (χ1) is 7.19. The van der Waals surface area contributed by atoms with Crippen LogP contribution >= 0.6 is 0 Å². The highest BCUT2D eigenvalue weighted by Gasteiger charge is 2.55. The molecule has 1 N–H and O–H groups in total. The van der Waals surface area contributed by atoms with E-state index < -0.39 is 17.7 Å². The normalized spacial score (nSPS) is 22.1. The quantitative estimate of drug-likeness (QED) is 0.658. The lowest BCUT2D eigenvalue weighted by molar-refractivity contribution is 0.0707. The van der Waals surface area contributed by atoms with E-state index in [-0.39, 0.29) is 13.2 Å². The Kier molecular flexibility index (Phi) is 2.36. The topological polar surface area (TPSA) is 67.9 Å². The van der Waals surface area contributed by atoms with Crippen molar-refractivity contribution in [2.45, 2.75) is 5.54 Å². The molecule has 6 heteroatoms. The summed E-state index contributed by atoms with van der Waals surface area (Å²) in [6.45, 7) is 4.87. The number of carbonyl (C=O) groups is 2. The molecule has 2 heterocycles. The maximum Gasteiger partial charge on any atom is 0.420 e. The van der Waals surface area contributed by atoms with Crippen molar-refractivity contribution < 1.29 is 19.1 Å². The van der Waals surface area contributed by atoms with Crippen LogP contribution in [0.1, 0.15) is 0 Å². The molecule has 0 aromatic heterocycles. The Morgan fingerprint density at radius 1 is 1.73 bits per heavy atom. The highest BCUT2D eigenvalue weighted by molar-refractivity contribution is 5.91. The lowest BCUT2D eigenvalue weighted by Crippen LogP contribution is -2.69. The second-order valence-electron chi connectivity index (χ2n) is 3.58. The van der Waals surface area contributed by atoms with E-state index in [9.17, 15) is 9.59 Å². The van der Waals surface area contributed by atoms with Crippen LogP contribution in [0.4, 0.5) is 9.59 Å². The molecule has 0 unspecified atom stereocenters. The Hall–Kier alpha value is -1.56. The largest absolute Gasteiger partial charge is 0.446 e. The zero-order chi connectivity index (χ0) is 10.9. The van der Waals surface area contributed by atoms with E-state index in [0.717, 1.165) is 4.90 Å². The monoisotopic (exact) mass is 212 g/mol. The van der Waals surface area contributed by atoms with Crippen molar-refractivity contribution in [1.29, 1.82) is 0 Å². The molecule has 2 aliphatic rings. The molecule has 82 valence electrons. The fraction of sp³-hybridized carbons (Fsp3) is 0.556. The predicted octanol–water partition coefficient (Wildman–Crippen LogP) is 0.103. The third-order valence-corrected chi connectivity index (χ3v) is 2.54. The molecule has 2 fully saturated rings. The minimum absolute atomic E-state index is 0.0894. The molecule has 15 heavy (non-hydrogen) atoms. The number of carbonyl (C=O) groups excluding carboxylic acids is 2. The average molecular weight is 212 g/mol. The molecule has 2 saturated heterocycles. The zero-order valence-electron chi connectivity index (χ0n) is 8.19. The number of amides is 2. The van der Waals surface area contributed by atoms with Gasteiger partial charge < -0.3 is 14.8 Å². The molecule has 0 radical (unpaired) electrons. The molecule has 2 rings (SSSR count). The maximum absolute atomic E-state index is 11.6. The molecule has 2 aliphatic heterocycles. The number of nitrogens with one attached hydrogen (secondary N) is 1. The number of cyclic esters (lactones) is 1. The predicted molar refractivity (Wildman–Crippen MR) is 50.3 cm³/mol. The third kappa shape index (κ3) is 1.46.